The van der Waals surface area contributed by atoms with Gasteiger partial charge in [0.15, 0.2) is 5.76 Å². The van der Waals surface area contributed by atoms with Gasteiger partial charge in [-0.2, -0.15) is 0 Å². The predicted octanol–water partition coefficient (Wildman–Crippen LogP) is 3.75. The summed E-state index contributed by atoms with van der Waals surface area (Å²) >= 11 is 0. The van der Waals surface area contributed by atoms with Gasteiger partial charge in [0.05, 0.1) is 6.61 Å². The van der Waals surface area contributed by atoms with Crippen molar-refractivity contribution in [2.24, 2.45) is 5.92 Å². The maximum atomic E-state index is 13.7. The molecular weight excluding hydrogens is 382 g/mol. The molecule has 6 nitrogen and oxygen atoms in total. The predicted molar refractivity (Wildman–Crippen MR) is 107 cm³/mol. The standard InChI is InChI=1S/C24H21NO5/c26-21-20(19(16-10-5-2-6-11-16)17-12-7-13-29-22(17)21)23(27)25-18(14-30-24(25)28)15-8-3-1-4-9-15/h1-6,8-11,18-20H,7,12-14H2/t18-,19+,20+/m1/s1. The minimum absolute atomic E-state index is 0.0785. The number of hydrogen-bond donors (Lipinski definition) is 0. The fourth-order valence-corrected chi connectivity index (χ4v) is 4.71. The lowest BCUT2D eigenvalue weighted by Gasteiger charge is -2.27. The van der Waals surface area contributed by atoms with Gasteiger partial charge in [0.25, 0.3) is 0 Å². The largest absolute Gasteiger partial charge is 0.490 e. The van der Waals surface area contributed by atoms with Gasteiger partial charge in [-0.25, -0.2) is 9.69 Å². The molecule has 6 heteroatoms. The van der Waals surface area contributed by atoms with Crippen LogP contribution < -0.4 is 0 Å². The van der Waals surface area contributed by atoms with Crippen LogP contribution in [0.2, 0.25) is 0 Å². The smallest absolute Gasteiger partial charge is 0.417 e. The molecule has 0 bridgehead atoms. The monoisotopic (exact) mass is 403 g/mol. The normalized spacial score (nSPS) is 25.7. The van der Waals surface area contributed by atoms with Crippen molar-refractivity contribution in [2.45, 2.75) is 24.8 Å². The van der Waals surface area contributed by atoms with Crippen molar-refractivity contribution in [3.8, 4) is 0 Å². The van der Waals surface area contributed by atoms with E-state index in [9.17, 15) is 14.4 Å². The lowest BCUT2D eigenvalue weighted by atomic mass is 9.82. The molecule has 0 spiro atoms. The van der Waals surface area contributed by atoms with Crippen LogP contribution in [0.4, 0.5) is 4.79 Å². The zero-order valence-corrected chi connectivity index (χ0v) is 16.3. The second-order valence-corrected chi connectivity index (χ2v) is 7.75. The summed E-state index contributed by atoms with van der Waals surface area (Å²) in [5.41, 5.74) is 2.54. The average molecular weight is 403 g/mol. The Morgan fingerprint density at radius 3 is 2.27 bits per heavy atom. The first-order valence-corrected chi connectivity index (χ1v) is 10.2. The highest BCUT2D eigenvalue weighted by Gasteiger charge is 2.53. The molecule has 5 rings (SSSR count). The Labute approximate surface area is 174 Å². The van der Waals surface area contributed by atoms with Gasteiger partial charge in [0.2, 0.25) is 11.7 Å². The molecule has 1 saturated heterocycles. The molecule has 2 aliphatic heterocycles. The molecule has 3 aliphatic rings. The summed E-state index contributed by atoms with van der Waals surface area (Å²) < 4.78 is 10.9. The van der Waals surface area contributed by atoms with Gasteiger partial charge < -0.3 is 9.47 Å². The second kappa shape index (κ2) is 7.44. The molecule has 1 aliphatic carbocycles. The number of Topliss-reactive ketones (excluding diaryl/α,β-unsaturated/α-hetero) is 1. The molecule has 3 atom stereocenters. The number of ether oxygens (including phenoxy) is 2. The summed E-state index contributed by atoms with van der Waals surface area (Å²) in [5, 5.41) is 0. The summed E-state index contributed by atoms with van der Waals surface area (Å²) in [6.45, 7) is 0.542. The lowest BCUT2D eigenvalue weighted by Crippen LogP contribution is -2.42. The number of allylic oxidation sites excluding steroid dienone is 2. The number of rotatable bonds is 3. The lowest BCUT2D eigenvalue weighted by molar-refractivity contribution is -0.139. The topological polar surface area (TPSA) is 72.9 Å². The Kier molecular flexibility index (Phi) is 4.62. The third-order valence-corrected chi connectivity index (χ3v) is 6.06. The summed E-state index contributed by atoms with van der Waals surface area (Å²) in [7, 11) is 0. The highest BCUT2D eigenvalue weighted by Crippen LogP contribution is 2.47. The van der Waals surface area contributed by atoms with Crippen LogP contribution in [0.3, 0.4) is 0 Å². The van der Waals surface area contributed by atoms with E-state index in [1.54, 1.807) is 0 Å². The Bertz CT molecular complexity index is 1030. The number of ketones is 1. The van der Waals surface area contributed by atoms with Crippen molar-refractivity contribution >= 4 is 17.8 Å². The van der Waals surface area contributed by atoms with Crippen LogP contribution in [0.5, 0.6) is 0 Å². The van der Waals surface area contributed by atoms with Crippen molar-refractivity contribution < 1.29 is 23.9 Å². The molecule has 2 aromatic rings. The first-order valence-electron chi connectivity index (χ1n) is 10.2. The van der Waals surface area contributed by atoms with E-state index in [4.69, 9.17) is 9.47 Å². The quantitative estimate of drug-likeness (QED) is 0.730. The fourth-order valence-electron chi connectivity index (χ4n) is 4.71. The maximum Gasteiger partial charge on any atom is 0.417 e. The van der Waals surface area contributed by atoms with Crippen LogP contribution in [-0.2, 0) is 19.1 Å². The van der Waals surface area contributed by atoms with Crippen LogP contribution in [-0.4, -0.2) is 35.9 Å². The van der Waals surface area contributed by atoms with Crippen molar-refractivity contribution in [3.63, 3.8) is 0 Å². The van der Waals surface area contributed by atoms with Crippen molar-refractivity contribution in [1.82, 2.24) is 4.90 Å². The summed E-state index contributed by atoms with van der Waals surface area (Å²) in [6, 6.07) is 18.2. The average Bonchev–Trinajstić information content (AvgIpc) is 3.32. The maximum absolute atomic E-state index is 13.7. The van der Waals surface area contributed by atoms with Crippen LogP contribution in [0.1, 0.15) is 35.9 Å². The van der Waals surface area contributed by atoms with Crippen LogP contribution >= 0.6 is 0 Å². The van der Waals surface area contributed by atoms with Crippen molar-refractivity contribution in [2.75, 3.05) is 13.2 Å². The van der Waals surface area contributed by atoms with Crippen LogP contribution in [0.15, 0.2) is 72.0 Å². The van der Waals surface area contributed by atoms with Gasteiger partial charge in [0.1, 0.15) is 18.6 Å². The van der Waals surface area contributed by atoms with E-state index < -0.39 is 29.9 Å². The van der Waals surface area contributed by atoms with Gasteiger partial charge in [-0.05, 0) is 29.5 Å². The molecule has 2 heterocycles. The highest BCUT2D eigenvalue weighted by atomic mass is 16.6. The van der Waals surface area contributed by atoms with Gasteiger partial charge in [-0.15, -0.1) is 0 Å². The minimum Gasteiger partial charge on any atom is -0.490 e. The van der Waals surface area contributed by atoms with Crippen molar-refractivity contribution in [1.29, 1.82) is 0 Å². The van der Waals surface area contributed by atoms with Gasteiger partial charge >= 0.3 is 6.09 Å². The van der Waals surface area contributed by atoms with Crippen LogP contribution in [0.25, 0.3) is 0 Å². The van der Waals surface area contributed by atoms with Gasteiger partial charge in [-0.3, -0.25) is 9.59 Å². The molecule has 2 aromatic carbocycles. The Morgan fingerprint density at radius 1 is 0.900 bits per heavy atom. The SMILES string of the molecule is O=C1C2=C(CCCO2)[C@H](c2ccccc2)[C@@H]1C(=O)N1C(=O)OC[C@@H]1c1ccccc1. The number of imide groups is 1. The highest BCUT2D eigenvalue weighted by molar-refractivity contribution is 6.15. The van der Waals surface area contributed by atoms with Crippen LogP contribution in [0, 0.1) is 5.92 Å². The number of cyclic esters (lactones) is 1. The van der Waals surface area contributed by atoms with E-state index in [0.717, 1.165) is 28.0 Å². The first-order chi connectivity index (χ1) is 14.7. The molecule has 30 heavy (non-hydrogen) atoms. The van der Waals surface area contributed by atoms with E-state index in [1.807, 2.05) is 60.7 Å². The van der Waals surface area contributed by atoms with E-state index in [0.29, 0.717) is 18.8 Å². The number of carbonyl (C=O) groups is 3. The third kappa shape index (κ3) is 2.91. The van der Waals surface area contributed by atoms with Gasteiger partial charge in [-0.1, -0.05) is 60.7 Å². The Morgan fingerprint density at radius 2 is 1.57 bits per heavy atom. The molecule has 0 N–H and O–H groups in total. The molecule has 1 fully saturated rings. The third-order valence-electron chi connectivity index (χ3n) is 6.06. The summed E-state index contributed by atoms with van der Waals surface area (Å²) in [5.74, 6) is -2.01. The van der Waals surface area contributed by atoms with E-state index in [-0.39, 0.29) is 12.4 Å². The van der Waals surface area contributed by atoms with E-state index in [1.165, 1.54) is 0 Å². The van der Waals surface area contributed by atoms with Gasteiger partial charge in [0, 0.05) is 5.92 Å². The number of carbonyl (C=O) groups excluding carboxylic acids is 3. The van der Waals surface area contributed by atoms with E-state index >= 15 is 0 Å². The minimum atomic E-state index is -1.02. The number of benzene rings is 2. The molecule has 0 unspecified atom stereocenters. The second-order valence-electron chi connectivity index (χ2n) is 7.75. The Hall–Kier alpha value is -3.41. The summed E-state index contributed by atoms with van der Waals surface area (Å²) in [6.07, 6.45) is 0.797. The molecule has 152 valence electrons. The molecule has 0 saturated carbocycles. The molecule has 0 radical (unpaired) electrons. The number of amides is 2. The molecule has 2 amide bonds. The Balaban J connectivity index is 1.55. The zero-order valence-electron chi connectivity index (χ0n) is 16.3. The number of hydrogen-bond acceptors (Lipinski definition) is 5. The zero-order chi connectivity index (χ0) is 20.7. The molecule has 0 aromatic heterocycles. The number of nitrogens with zero attached hydrogens (tertiary/aromatic N) is 1. The fraction of sp³-hybridized carbons (Fsp3) is 0.292. The molecular formula is C24H21NO5. The van der Waals surface area contributed by atoms with Crippen molar-refractivity contribution in [3.05, 3.63) is 83.1 Å². The van der Waals surface area contributed by atoms with E-state index in [2.05, 4.69) is 0 Å². The summed E-state index contributed by atoms with van der Waals surface area (Å²) in [4.78, 5) is 40.7. The first kappa shape index (κ1) is 18.6.